The van der Waals surface area contributed by atoms with Crippen LogP contribution in [0.25, 0.3) is 0 Å². The molecule has 1 aliphatic heterocycles. The van der Waals surface area contributed by atoms with Gasteiger partial charge in [0, 0.05) is 19.3 Å². The largest absolute Gasteiger partial charge is 0.374 e. The molecule has 1 aromatic heterocycles. The summed E-state index contributed by atoms with van der Waals surface area (Å²) in [6.07, 6.45) is 5.75. The molecule has 2 aliphatic rings. The van der Waals surface area contributed by atoms with Crippen LogP contribution < -0.4 is 10.6 Å². The molecule has 2 heterocycles. The Bertz CT molecular complexity index is 398. The number of hydrogen-bond acceptors (Lipinski definition) is 5. The highest BCUT2D eigenvalue weighted by molar-refractivity contribution is 5.34. The smallest absolute Gasteiger partial charge is 0.225 e. The van der Waals surface area contributed by atoms with Crippen molar-refractivity contribution in [3.05, 3.63) is 18.0 Å². The maximum atomic E-state index is 5.79. The Morgan fingerprint density at radius 1 is 1.47 bits per heavy atom. The number of rotatable bonds is 2. The van der Waals surface area contributed by atoms with Crippen LogP contribution in [0.1, 0.15) is 25.0 Å². The molecule has 2 N–H and O–H groups in total. The molecule has 17 heavy (non-hydrogen) atoms. The van der Waals surface area contributed by atoms with Crippen molar-refractivity contribution < 1.29 is 4.74 Å². The Morgan fingerprint density at radius 2 is 2.41 bits per heavy atom. The maximum Gasteiger partial charge on any atom is 0.225 e. The first kappa shape index (κ1) is 10.9. The highest BCUT2D eigenvalue weighted by Gasteiger charge is 2.37. The second kappa shape index (κ2) is 4.58. The molecule has 0 radical (unpaired) electrons. The fraction of sp³-hybridized carbons (Fsp3) is 0.667. The van der Waals surface area contributed by atoms with Crippen LogP contribution in [0.15, 0.2) is 12.3 Å². The molecule has 1 saturated heterocycles. The maximum absolute atomic E-state index is 5.79. The number of fused-ring (bicyclic) bond motifs is 1. The number of anilines is 1. The Morgan fingerprint density at radius 3 is 3.29 bits per heavy atom. The van der Waals surface area contributed by atoms with Gasteiger partial charge < -0.3 is 15.4 Å². The molecular weight excluding hydrogens is 216 g/mol. The second-order valence-electron chi connectivity index (χ2n) is 4.65. The quantitative estimate of drug-likeness (QED) is 0.815. The van der Waals surface area contributed by atoms with Crippen molar-refractivity contribution in [3.8, 4) is 0 Å². The molecule has 0 spiro atoms. The number of aromatic nitrogens is 2. The van der Waals surface area contributed by atoms with Gasteiger partial charge in [-0.05, 0) is 25.3 Å². The summed E-state index contributed by atoms with van der Waals surface area (Å²) in [5, 5.41) is 0. The standard InChI is InChI=1S/C12H18N4O/c13-8-9-4-5-14-12(15-9)16-6-7-17-11-3-1-2-10(11)16/h4-5,10-11H,1-3,6-8,13H2. The van der Waals surface area contributed by atoms with Crippen LogP contribution in [-0.2, 0) is 11.3 Å². The van der Waals surface area contributed by atoms with Crippen LogP contribution in [0.2, 0.25) is 0 Å². The van der Waals surface area contributed by atoms with Gasteiger partial charge in [0.15, 0.2) is 0 Å². The summed E-state index contributed by atoms with van der Waals surface area (Å²) >= 11 is 0. The average molecular weight is 234 g/mol. The summed E-state index contributed by atoms with van der Waals surface area (Å²) in [5.41, 5.74) is 6.52. The number of morpholine rings is 1. The molecule has 2 unspecified atom stereocenters. The Hall–Kier alpha value is -1.20. The first-order valence-electron chi connectivity index (χ1n) is 6.29. The summed E-state index contributed by atoms with van der Waals surface area (Å²) in [6.45, 7) is 2.13. The lowest BCUT2D eigenvalue weighted by molar-refractivity contribution is 0.0249. The summed E-state index contributed by atoms with van der Waals surface area (Å²) < 4.78 is 5.79. The van der Waals surface area contributed by atoms with E-state index in [1.807, 2.05) is 6.07 Å². The zero-order valence-corrected chi connectivity index (χ0v) is 9.88. The van der Waals surface area contributed by atoms with Gasteiger partial charge in [0.1, 0.15) is 0 Å². The first-order chi connectivity index (χ1) is 8.38. The minimum absolute atomic E-state index is 0.369. The highest BCUT2D eigenvalue weighted by atomic mass is 16.5. The van der Waals surface area contributed by atoms with Gasteiger partial charge in [-0.15, -0.1) is 0 Å². The molecule has 5 nitrogen and oxygen atoms in total. The van der Waals surface area contributed by atoms with Crippen molar-refractivity contribution in [1.29, 1.82) is 0 Å². The van der Waals surface area contributed by atoms with E-state index in [1.165, 1.54) is 12.8 Å². The Labute approximate surface area is 101 Å². The van der Waals surface area contributed by atoms with Gasteiger partial charge in [-0.25, -0.2) is 9.97 Å². The predicted octanol–water partition coefficient (Wildman–Crippen LogP) is 0.693. The van der Waals surface area contributed by atoms with E-state index in [9.17, 15) is 0 Å². The van der Waals surface area contributed by atoms with Crippen LogP contribution in [0.4, 0.5) is 5.95 Å². The van der Waals surface area contributed by atoms with E-state index in [2.05, 4.69) is 14.9 Å². The molecule has 1 aromatic rings. The average Bonchev–Trinajstić information content (AvgIpc) is 2.87. The minimum atomic E-state index is 0.369. The van der Waals surface area contributed by atoms with E-state index >= 15 is 0 Å². The van der Waals surface area contributed by atoms with Crippen molar-refractivity contribution in [3.63, 3.8) is 0 Å². The van der Waals surface area contributed by atoms with Crippen molar-refractivity contribution >= 4 is 5.95 Å². The van der Waals surface area contributed by atoms with E-state index in [1.54, 1.807) is 6.20 Å². The monoisotopic (exact) mass is 234 g/mol. The first-order valence-corrected chi connectivity index (χ1v) is 6.29. The molecule has 0 bridgehead atoms. The van der Waals surface area contributed by atoms with Gasteiger partial charge in [-0.3, -0.25) is 0 Å². The fourth-order valence-electron chi connectivity index (χ4n) is 2.81. The highest BCUT2D eigenvalue weighted by Crippen LogP contribution is 2.31. The van der Waals surface area contributed by atoms with Gasteiger partial charge >= 0.3 is 0 Å². The molecule has 1 aliphatic carbocycles. The summed E-state index contributed by atoms with van der Waals surface area (Å²) in [6, 6.07) is 2.33. The summed E-state index contributed by atoms with van der Waals surface area (Å²) in [5.74, 6) is 0.813. The van der Waals surface area contributed by atoms with Crippen LogP contribution in [0, 0.1) is 0 Å². The zero-order valence-electron chi connectivity index (χ0n) is 9.88. The second-order valence-corrected chi connectivity index (χ2v) is 4.65. The molecular formula is C12H18N4O. The Balaban J connectivity index is 1.86. The topological polar surface area (TPSA) is 64.3 Å². The third-order valence-corrected chi connectivity index (χ3v) is 3.65. The Kier molecular flexibility index (Phi) is 2.94. The number of nitrogens with zero attached hydrogens (tertiary/aromatic N) is 3. The minimum Gasteiger partial charge on any atom is -0.374 e. The van der Waals surface area contributed by atoms with E-state index in [0.717, 1.165) is 31.2 Å². The van der Waals surface area contributed by atoms with Gasteiger partial charge in [-0.2, -0.15) is 0 Å². The number of nitrogens with two attached hydrogens (primary N) is 1. The fourth-order valence-corrected chi connectivity index (χ4v) is 2.81. The lowest BCUT2D eigenvalue weighted by Gasteiger charge is -2.37. The third kappa shape index (κ3) is 2.00. The van der Waals surface area contributed by atoms with Gasteiger partial charge in [0.05, 0.1) is 24.4 Å². The van der Waals surface area contributed by atoms with Crippen molar-refractivity contribution in [2.45, 2.75) is 38.0 Å². The summed E-state index contributed by atoms with van der Waals surface area (Å²) in [7, 11) is 0. The van der Waals surface area contributed by atoms with E-state index < -0.39 is 0 Å². The van der Waals surface area contributed by atoms with Crippen molar-refractivity contribution in [2.24, 2.45) is 5.73 Å². The molecule has 3 rings (SSSR count). The molecule has 1 saturated carbocycles. The van der Waals surface area contributed by atoms with Crippen LogP contribution in [0.5, 0.6) is 0 Å². The normalized spacial score (nSPS) is 28.2. The van der Waals surface area contributed by atoms with Gasteiger partial charge in [0.25, 0.3) is 0 Å². The van der Waals surface area contributed by atoms with Crippen molar-refractivity contribution in [1.82, 2.24) is 9.97 Å². The number of ether oxygens (including phenoxy) is 1. The lowest BCUT2D eigenvalue weighted by atomic mass is 10.1. The predicted molar refractivity (Wildman–Crippen MR) is 64.6 cm³/mol. The van der Waals surface area contributed by atoms with Crippen LogP contribution >= 0.6 is 0 Å². The summed E-state index contributed by atoms with van der Waals surface area (Å²) in [4.78, 5) is 11.2. The van der Waals surface area contributed by atoms with E-state index in [0.29, 0.717) is 18.7 Å². The lowest BCUT2D eigenvalue weighted by Crippen LogP contribution is -2.49. The SMILES string of the molecule is NCc1ccnc(N2CCOC3CCCC32)n1. The molecule has 5 heteroatoms. The van der Waals surface area contributed by atoms with Crippen LogP contribution in [-0.4, -0.2) is 35.3 Å². The van der Waals surface area contributed by atoms with E-state index in [4.69, 9.17) is 10.5 Å². The van der Waals surface area contributed by atoms with Gasteiger partial charge in [0.2, 0.25) is 5.95 Å². The molecule has 2 atom stereocenters. The van der Waals surface area contributed by atoms with Gasteiger partial charge in [-0.1, -0.05) is 0 Å². The molecule has 0 aromatic carbocycles. The zero-order chi connectivity index (χ0) is 11.7. The molecule has 92 valence electrons. The molecule has 0 amide bonds. The van der Waals surface area contributed by atoms with Crippen LogP contribution in [0.3, 0.4) is 0 Å². The molecule has 2 fully saturated rings. The van der Waals surface area contributed by atoms with E-state index in [-0.39, 0.29) is 0 Å². The number of hydrogen-bond donors (Lipinski definition) is 1. The third-order valence-electron chi connectivity index (χ3n) is 3.65. The van der Waals surface area contributed by atoms with Crippen molar-refractivity contribution in [2.75, 3.05) is 18.1 Å².